The second kappa shape index (κ2) is 7.23. The van der Waals surface area contributed by atoms with Gasteiger partial charge in [0.1, 0.15) is 5.69 Å². The largest absolute Gasteiger partial charge is 0.416 e. The fourth-order valence-corrected chi connectivity index (χ4v) is 1.61. The van der Waals surface area contributed by atoms with E-state index in [2.05, 4.69) is 10.6 Å². The number of nitrogens with one attached hydrogen (secondary N) is 2. The number of hydrogen-bond donors (Lipinski definition) is 3. The summed E-state index contributed by atoms with van der Waals surface area (Å²) in [7, 11) is 0. The summed E-state index contributed by atoms with van der Waals surface area (Å²) in [6.07, 6.45) is -5.15. The summed E-state index contributed by atoms with van der Waals surface area (Å²) >= 11 is 0. The van der Waals surface area contributed by atoms with Crippen molar-refractivity contribution in [1.29, 1.82) is 0 Å². The number of anilines is 1. The molecule has 0 aliphatic carbocycles. The molecule has 21 heavy (non-hydrogen) atoms. The van der Waals surface area contributed by atoms with Crippen LogP contribution in [0.2, 0.25) is 0 Å². The molecule has 1 atom stereocenters. The number of rotatable bonds is 7. The smallest absolute Gasteiger partial charge is 0.392 e. The van der Waals surface area contributed by atoms with Gasteiger partial charge in [-0.1, -0.05) is 0 Å². The second-order valence-electron chi connectivity index (χ2n) is 4.47. The second-order valence-corrected chi connectivity index (χ2v) is 4.47. The lowest BCUT2D eigenvalue weighted by Gasteiger charge is -2.11. The van der Waals surface area contributed by atoms with Crippen LogP contribution in [0.15, 0.2) is 18.2 Å². The third kappa shape index (κ3) is 5.56. The predicted octanol–water partition coefficient (Wildman–Crippen LogP) is 2.00. The third-order valence-electron chi connectivity index (χ3n) is 2.58. The number of aliphatic hydroxyl groups excluding tert-OH is 1. The maximum atomic E-state index is 12.5. The first-order valence-electron chi connectivity index (χ1n) is 6.20. The summed E-state index contributed by atoms with van der Waals surface area (Å²) in [5, 5.41) is 25.4. The zero-order valence-electron chi connectivity index (χ0n) is 11.3. The van der Waals surface area contributed by atoms with Crippen molar-refractivity contribution < 1.29 is 23.2 Å². The maximum absolute atomic E-state index is 12.5. The quantitative estimate of drug-likeness (QED) is 0.407. The Morgan fingerprint density at radius 2 is 2.05 bits per heavy atom. The van der Waals surface area contributed by atoms with Gasteiger partial charge in [0.15, 0.2) is 0 Å². The molecule has 0 aliphatic heterocycles. The standard InChI is InChI=1S/C12H16F3N3O3/c1-8(19)7-16-4-5-17-10-3-2-9(12(13,14)15)6-11(10)18(20)21/h2-3,6,8,16-17,19H,4-5,7H2,1H3/t8-/m1/s1. The van der Waals surface area contributed by atoms with Crippen molar-refractivity contribution in [3.8, 4) is 0 Å². The molecule has 0 amide bonds. The highest BCUT2D eigenvalue weighted by Crippen LogP contribution is 2.34. The monoisotopic (exact) mass is 307 g/mol. The Morgan fingerprint density at radius 3 is 2.57 bits per heavy atom. The van der Waals surface area contributed by atoms with Crippen molar-refractivity contribution in [2.24, 2.45) is 0 Å². The van der Waals surface area contributed by atoms with Crippen molar-refractivity contribution in [2.45, 2.75) is 19.2 Å². The Morgan fingerprint density at radius 1 is 1.38 bits per heavy atom. The highest BCUT2D eigenvalue weighted by molar-refractivity contribution is 5.62. The zero-order valence-corrected chi connectivity index (χ0v) is 11.3. The summed E-state index contributed by atoms with van der Waals surface area (Å²) in [5.74, 6) is 0. The average molecular weight is 307 g/mol. The molecule has 0 saturated carbocycles. The molecule has 0 fully saturated rings. The Labute approximate surface area is 119 Å². The summed E-state index contributed by atoms with van der Waals surface area (Å²) in [4.78, 5) is 9.97. The van der Waals surface area contributed by atoms with Gasteiger partial charge in [-0.25, -0.2) is 0 Å². The van der Waals surface area contributed by atoms with E-state index in [0.29, 0.717) is 19.2 Å². The van der Waals surface area contributed by atoms with Crippen LogP contribution < -0.4 is 10.6 Å². The van der Waals surface area contributed by atoms with Crippen molar-refractivity contribution in [3.63, 3.8) is 0 Å². The minimum atomic E-state index is -4.62. The fraction of sp³-hybridized carbons (Fsp3) is 0.500. The lowest BCUT2D eigenvalue weighted by molar-refractivity contribution is -0.384. The highest BCUT2D eigenvalue weighted by Gasteiger charge is 2.32. The van der Waals surface area contributed by atoms with Gasteiger partial charge in [-0.15, -0.1) is 0 Å². The molecule has 1 aromatic rings. The number of aliphatic hydroxyl groups is 1. The zero-order chi connectivity index (χ0) is 16.0. The van der Waals surface area contributed by atoms with Crippen LogP contribution >= 0.6 is 0 Å². The Bertz CT molecular complexity index is 492. The summed E-state index contributed by atoms with van der Waals surface area (Å²) in [6, 6.07) is 2.33. The van der Waals surface area contributed by atoms with Gasteiger partial charge in [0.05, 0.1) is 16.6 Å². The van der Waals surface area contributed by atoms with E-state index in [-0.39, 0.29) is 12.2 Å². The van der Waals surface area contributed by atoms with E-state index < -0.39 is 28.5 Å². The normalized spacial score (nSPS) is 13.0. The Hall–Kier alpha value is -1.87. The van der Waals surface area contributed by atoms with E-state index >= 15 is 0 Å². The molecule has 9 heteroatoms. The van der Waals surface area contributed by atoms with Crippen LogP contribution in [0, 0.1) is 10.1 Å². The lowest BCUT2D eigenvalue weighted by Crippen LogP contribution is -2.29. The molecule has 0 spiro atoms. The fourth-order valence-electron chi connectivity index (χ4n) is 1.61. The van der Waals surface area contributed by atoms with Crippen LogP contribution in [0.4, 0.5) is 24.5 Å². The molecule has 0 heterocycles. The molecule has 0 bridgehead atoms. The summed E-state index contributed by atoms with van der Waals surface area (Å²) < 4.78 is 37.5. The number of nitrogens with zero attached hydrogens (tertiary/aromatic N) is 1. The summed E-state index contributed by atoms with van der Waals surface area (Å²) in [5.41, 5.74) is -1.67. The molecule has 0 saturated heterocycles. The number of alkyl halides is 3. The van der Waals surface area contributed by atoms with E-state index in [1.807, 2.05) is 0 Å². The highest BCUT2D eigenvalue weighted by atomic mass is 19.4. The average Bonchev–Trinajstić information content (AvgIpc) is 2.36. The molecule has 0 aliphatic rings. The number of hydrogen-bond acceptors (Lipinski definition) is 5. The van der Waals surface area contributed by atoms with Gasteiger partial charge in [-0.05, 0) is 19.1 Å². The number of benzene rings is 1. The maximum Gasteiger partial charge on any atom is 0.416 e. The van der Waals surface area contributed by atoms with Crippen molar-refractivity contribution in [3.05, 3.63) is 33.9 Å². The molecular formula is C12H16F3N3O3. The molecular weight excluding hydrogens is 291 g/mol. The van der Waals surface area contributed by atoms with E-state index in [1.54, 1.807) is 6.92 Å². The SMILES string of the molecule is C[C@@H](O)CNCCNc1ccc(C(F)(F)F)cc1[N+](=O)[O-]. The number of nitro groups is 1. The Balaban J connectivity index is 2.72. The van der Waals surface area contributed by atoms with Crippen LogP contribution in [-0.2, 0) is 6.18 Å². The topological polar surface area (TPSA) is 87.4 Å². The van der Waals surface area contributed by atoms with Crippen LogP contribution in [0.3, 0.4) is 0 Å². The molecule has 3 N–H and O–H groups in total. The first kappa shape index (κ1) is 17.2. The van der Waals surface area contributed by atoms with Crippen molar-refractivity contribution >= 4 is 11.4 Å². The van der Waals surface area contributed by atoms with Crippen LogP contribution in [0.1, 0.15) is 12.5 Å². The molecule has 118 valence electrons. The molecule has 6 nitrogen and oxygen atoms in total. The molecule has 0 radical (unpaired) electrons. The van der Waals surface area contributed by atoms with E-state index in [9.17, 15) is 23.3 Å². The van der Waals surface area contributed by atoms with Crippen molar-refractivity contribution in [1.82, 2.24) is 5.32 Å². The van der Waals surface area contributed by atoms with Gasteiger partial charge in [0.2, 0.25) is 0 Å². The van der Waals surface area contributed by atoms with E-state index in [4.69, 9.17) is 5.11 Å². The first-order valence-corrected chi connectivity index (χ1v) is 6.20. The van der Waals surface area contributed by atoms with Gasteiger partial charge in [0, 0.05) is 25.7 Å². The van der Waals surface area contributed by atoms with E-state index in [0.717, 1.165) is 12.1 Å². The predicted molar refractivity (Wildman–Crippen MR) is 71.1 cm³/mol. The molecule has 0 unspecified atom stereocenters. The molecule has 0 aromatic heterocycles. The lowest BCUT2D eigenvalue weighted by atomic mass is 10.1. The van der Waals surface area contributed by atoms with Gasteiger partial charge in [-0.2, -0.15) is 13.2 Å². The third-order valence-corrected chi connectivity index (χ3v) is 2.58. The number of halogens is 3. The Kier molecular flexibility index (Phi) is 5.91. The van der Waals surface area contributed by atoms with Gasteiger partial charge < -0.3 is 15.7 Å². The van der Waals surface area contributed by atoms with Crippen LogP contribution in [0.25, 0.3) is 0 Å². The minimum absolute atomic E-state index is 0.0202. The summed E-state index contributed by atoms with van der Waals surface area (Å²) in [6.45, 7) is 2.64. The van der Waals surface area contributed by atoms with Crippen LogP contribution in [0.5, 0.6) is 0 Å². The molecule has 1 rings (SSSR count). The van der Waals surface area contributed by atoms with Gasteiger partial charge in [0.25, 0.3) is 5.69 Å². The van der Waals surface area contributed by atoms with Gasteiger partial charge in [-0.3, -0.25) is 10.1 Å². The number of nitro benzene ring substituents is 1. The minimum Gasteiger partial charge on any atom is -0.392 e. The van der Waals surface area contributed by atoms with Crippen LogP contribution in [-0.4, -0.2) is 35.8 Å². The molecule has 1 aromatic carbocycles. The van der Waals surface area contributed by atoms with E-state index in [1.165, 1.54) is 0 Å². The first-order chi connectivity index (χ1) is 9.71. The van der Waals surface area contributed by atoms with Crippen molar-refractivity contribution in [2.75, 3.05) is 25.0 Å². The van der Waals surface area contributed by atoms with Gasteiger partial charge >= 0.3 is 6.18 Å².